The third kappa shape index (κ3) is 4.49. The van der Waals surface area contributed by atoms with Gasteiger partial charge in [-0.05, 0) is 12.1 Å². The molecule has 0 aliphatic carbocycles. The number of nitrogens with zero attached hydrogens (tertiary/aromatic N) is 3. The maximum Gasteiger partial charge on any atom is 0.313 e. The highest BCUT2D eigenvalue weighted by Gasteiger charge is 2.12. The van der Waals surface area contributed by atoms with Crippen molar-refractivity contribution in [1.29, 1.82) is 0 Å². The Labute approximate surface area is 127 Å². The van der Waals surface area contributed by atoms with Gasteiger partial charge >= 0.3 is 5.97 Å². The number of carboxylic acids is 1. The number of para-hydroxylation sites is 1. The van der Waals surface area contributed by atoms with E-state index < -0.39 is 5.97 Å². The first kappa shape index (κ1) is 15.4. The number of rotatable bonds is 8. The average molecular weight is 307 g/mol. The van der Waals surface area contributed by atoms with Gasteiger partial charge in [-0.25, -0.2) is 0 Å². The SMILES string of the molecule is CCc1nnc(SCC(=O)O)n1CCOc1ccccc1. The van der Waals surface area contributed by atoms with E-state index in [0.717, 1.165) is 18.0 Å². The fraction of sp³-hybridized carbons (Fsp3) is 0.357. The summed E-state index contributed by atoms with van der Waals surface area (Å²) >= 11 is 1.17. The maximum absolute atomic E-state index is 10.7. The molecule has 0 aliphatic heterocycles. The highest BCUT2D eigenvalue weighted by molar-refractivity contribution is 7.99. The molecule has 0 aliphatic rings. The molecular weight excluding hydrogens is 290 g/mol. The summed E-state index contributed by atoms with van der Waals surface area (Å²) in [4.78, 5) is 10.7. The predicted molar refractivity (Wildman–Crippen MR) is 79.7 cm³/mol. The highest BCUT2D eigenvalue weighted by Crippen LogP contribution is 2.17. The van der Waals surface area contributed by atoms with E-state index in [1.165, 1.54) is 11.8 Å². The second-order valence-electron chi connectivity index (χ2n) is 4.25. The Bertz CT molecular complexity index is 586. The molecule has 0 atom stereocenters. The number of hydrogen-bond acceptors (Lipinski definition) is 5. The van der Waals surface area contributed by atoms with Crippen molar-refractivity contribution in [3.8, 4) is 5.75 Å². The molecular formula is C14H17N3O3S. The number of benzene rings is 1. The van der Waals surface area contributed by atoms with Crippen molar-refractivity contribution in [2.24, 2.45) is 0 Å². The minimum atomic E-state index is -0.867. The van der Waals surface area contributed by atoms with Crippen LogP contribution >= 0.6 is 11.8 Å². The zero-order chi connectivity index (χ0) is 15.1. The Morgan fingerprint density at radius 3 is 2.76 bits per heavy atom. The number of hydrogen-bond donors (Lipinski definition) is 1. The molecule has 21 heavy (non-hydrogen) atoms. The summed E-state index contributed by atoms with van der Waals surface area (Å²) in [5.41, 5.74) is 0. The number of aliphatic carboxylic acids is 1. The van der Waals surface area contributed by atoms with Crippen LogP contribution in [0.2, 0.25) is 0 Å². The van der Waals surface area contributed by atoms with Crippen LogP contribution in [0.25, 0.3) is 0 Å². The molecule has 112 valence electrons. The van der Waals surface area contributed by atoms with Crippen molar-refractivity contribution in [2.45, 2.75) is 25.0 Å². The van der Waals surface area contributed by atoms with Crippen LogP contribution in [0.4, 0.5) is 0 Å². The number of thioether (sulfide) groups is 1. The fourth-order valence-corrected chi connectivity index (χ4v) is 2.51. The van der Waals surface area contributed by atoms with Crippen molar-refractivity contribution < 1.29 is 14.6 Å². The van der Waals surface area contributed by atoms with E-state index in [4.69, 9.17) is 9.84 Å². The predicted octanol–water partition coefficient (Wildman–Crippen LogP) is 2.10. The molecule has 7 heteroatoms. The maximum atomic E-state index is 10.7. The van der Waals surface area contributed by atoms with Crippen LogP contribution in [0.1, 0.15) is 12.7 Å². The van der Waals surface area contributed by atoms with E-state index in [1.54, 1.807) is 0 Å². The molecule has 2 aromatic rings. The summed E-state index contributed by atoms with van der Waals surface area (Å²) in [6, 6.07) is 9.56. The molecule has 0 amide bonds. The van der Waals surface area contributed by atoms with Crippen LogP contribution in [0, 0.1) is 0 Å². The topological polar surface area (TPSA) is 77.2 Å². The van der Waals surface area contributed by atoms with Gasteiger partial charge in [0, 0.05) is 6.42 Å². The van der Waals surface area contributed by atoms with Crippen molar-refractivity contribution in [2.75, 3.05) is 12.4 Å². The molecule has 0 unspecified atom stereocenters. The van der Waals surface area contributed by atoms with Crippen LogP contribution < -0.4 is 4.74 Å². The molecule has 0 radical (unpaired) electrons. The number of aryl methyl sites for hydroxylation is 1. The molecule has 0 fully saturated rings. The zero-order valence-electron chi connectivity index (χ0n) is 11.7. The van der Waals surface area contributed by atoms with E-state index in [1.807, 2.05) is 41.8 Å². The normalized spacial score (nSPS) is 10.5. The van der Waals surface area contributed by atoms with Gasteiger partial charge < -0.3 is 14.4 Å². The van der Waals surface area contributed by atoms with Gasteiger partial charge in [-0.3, -0.25) is 4.79 Å². The molecule has 0 spiro atoms. The second kappa shape index (κ2) is 7.68. The summed E-state index contributed by atoms with van der Waals surface area (Å²) < 4.78 is 7.57. The Morgan fingerprint density at radius 2 is 2.10 bits per heavy atom. The summed E-state index contributed by atoms with van der Waals surface area (Å²) in [5.74, 6) is 0.748. The lowest BCUT2D eigenvalue weighted by Crippen LogP contribution is -2.12. The van der Waals surface area contributed by atoms with Crippen LogP contribution in [-0.2, 0) is 17.8 Å². The smallest absolute Gasteiger partial charge is 0.313 e. The zero-order valence-corrected chi connectivity index (χ0v) is 12.5. The van der Waals surface area contributed by atoms with Gasteiger partial charge in [0.25, 0.3) is 0 Å². The van der Waals surface area contributed by atoms with E-state index in [0.29, 0.717) is 18.3 Å². The van der Waals surface area contributed by atoms with Gasteiger partial charge in [0.15, 0.2) is 5.16 Å². The lowest BCUT2D eigenvalue weighted by atomic mass is 10.3. The molecule has 6 nitrogen and oxygen atoms in total. The van der Waals surface area contributed by atoms with Gasteiger partial charge in [0.2, 0.25) is 0 Å². The Balaban J connectivity index is 1.97. The number of ether oxygens (including phenoxy) is 1. The summed E-state index contributed by atoms with van der Waals surface area (Å²) in [7, 11) is 0. The van der Waals surface area contributed by atoms with E-state index in [2.05, 4.69) is 10.2 Å². The molecule has 0 saturated heterocycles. The van der Waals surface area contributed by atoms with Gasteiger partial charge in [-0.2, -0.15) is 0 Å². The Morgan fingerprint density at radius 1 is 1.33 bits per heavy atom. The third-order valence-electron chi connectivity index (χ3n) is 2.76. The van der Waals surface area contributed by atoms with Crippen molar-refractivity contribution >= 4 is 17.7 Å². The first-order valence-electron chi connectivity index (χ1n) is 6.65. The van der Waals surface area contributed by atoms with Gasteiger partial charge in [-0.15, -0.1) is 10.2 Å². The van der Waals surface area contributed by atoms with E-state index in [9.17, 15) is 4.79 Å². The fourth-order valence-electron chi connectivity index (χ4n) is 1.81. The minimum absolute atomic E-state index is 0.0264. The first-order valence-corrected chi connectivity index (χ1v) is 7.63. The van der Waals surface area contributed by atoms with Gasteiger partial charge in [-0.1, -0.05) is 36.9 Å². The lowest BCUT2D eigenvalue weighted by molar-refractivity contribution is -0.133. The van der Waals surface area contributed by atoms with Crippen LogP contribution in [0.15, 0.2) is 35.5 Å². The van der Waals surface area contributed by atoms with Gasteiger partial charge in [0.1, 0.15) is 18.2 Å². The van der Waals surface area contributed by atoms with Crippen LogP contribution in [0.3, 0.4) is 0 Å². The summed E-state index contributed by atoms with van der Waals surface area (Å²) in [6.07, 6.45) is 0.742. The largest absolute Gasteiger partial charge is 0.492 e. The second-order valence-corrected chi connectivity index (χ2v) is 5.19. The van der Waals surface area contributed by atoms with Crippen LogP contribution in [-0.4, -0.2) is 38.2 Å². The van der Waals surface area contributed by atoms with Gasteiger partial charge in [0.05, 0.1) is 12.3 Å². The molecule has 0 bridgehead atoms. The number of carbonyl (C=O) groups is 1. The highest BCUT2D eigenvalue weighted by atomic mass is 32.2. The van der Waals surface area contributed by atoms with Crippen molar-refractivity contribution in [1.82, 2.24) is 14.8 Å². The minimum Gasteiger partial charge on any atom is -0.492 e. The summed E-state index contributed by atoms with van der Waals surface area (Å²) in [5, 5.41) is 17.5. The molecule has 1 heterocycles. The molecule has 1 N–H and O–H groups in total. The number of carboxylic acid groups (broad SMARTS) is 1. The average Bonchev–Trinajstić information content (AvgIpc) is 2.88. The molecule has 0 saturated carbocycles. The van der Waals surface area contributed by atoms with E-state index in [-0.39, 0.29) is 5.75 Å². The molecule has 1 aromatic heterocycles. The Hall–Kier alpha value is -2.02. The molecule has 2 rings (SSSR count). The molecule has 1 aromatic carbocycles. The van der Waals surface area contributed by atoms with Crippen molar-refractivity contribution in [3.63, 3.8) is 0 Å². The Kier molecular flexibility index (Phi) is 5.62. The number of aromatic nitrogens is 3. The summed E-state index contributed by atoms with van der Waals surface area (Å²) in [6.45, 7) is 3.06. The lowest BCUT2D eigenvalue weighted by Gasteiger charge is -2.10. The van der Waals surface area contributed by atoms with Crippen LogP contribution in [0.5, 0.6) is 5.75 Å². The first-order chi connectivity index (χ1) is 10.2. The van der Waals surface area contributed by atoms with Crippen molar-refractivity contribution in [3.05, 3.63) is 36.2 Å². The van der Waals surface area contributed by atoms with E-state index >= 15 is 0 Å². The standard InChI is InChI=1S/C14H17N3O3S/c1-2-12-15-16-14(21-10-13(18)19)17(12)8-9-20-11-6-4-3-5-7-11/h3-7H,2,8-10H2,1H3,(H,18,19). The quantitative estimate of drug-likeness (QED) is 0.753. The third-order valence-corrected chi connectivity index (χ3v) is 3.71. The monoisotopic (exact) mass is 307 g/mol.